The number of hydrogen-bond donors (Lipinski definition) is 3. The number of anilines is 1. The molecule has 0 radical (unpaired) electrons. The summed E-state index contributed by atoms with van der Waals surface area (Å²) in [4.78, 5) is -0.255. The molecule has 0 spiro atoms. The summed E-state index contributed by atoms with van der Waals surface area (Å²) in [7, 11) is -3.91. The summed E-state index contributed by atoms with van der Waals surface area (Å²) < 4.78 is 40.2. The van der Waals surface area contributed by atoms with E-state index < -0.39 is 21.3 Å². The van der Waals surface area contributed by atoms with Gasteiger partial charge in [-0.3, -0.25) is 0 Å². The van der Waals surface area contributed by atoms with E-state index in [9.17, 15) is 17.9 Å². The lowest BCUT2D eigenvalue weighted by molar-refractivity contribution is 0.134. The maximum Gasteiger partial charge on any atom is 0.242 e. The first-order chi connectivity index (χ1) is 9.80. The molecule has 1 aliphatic carbocycles. The Morgan fingerprint density at radius 1 is 1.38 bits per heavy atom. The van der Waals surface area contributed by atoms with Crippen molar-refractivity contribution in [3.05, 3.63) is 23.0 Å². The van der Waals surface area contributed by atoms with E-state index in [1.54, 1.807) is 0 Å². The minimum atomic E-state index is -3.91. The summed E-state index contributed by atoms with van der Waals surface area (Å²) in [6.45, 7) is 0.0499. The van der Waals surface area contributed by atoms with Gasteiger partial charge in [0.05, 0.1) is 10.7 Å². The monoisotopic (exact) mass is 336 g/mol. The van der Waals surface area contributed by atoms with Gasteiger partial charge in [0, 0.05) is 18.6 Å². The van der Waals surface area contributed by atoms with E-state index in [1.807, 2.05) is 0 Å². The van der Waals surface area contributed by atoms with Crippen molar-refractivity contribution in [1.29, 1.82) is 0 Å². The minimum Gasteiger partial charge on any atom is -0.396 e. The fraction of sp³-hybridized carbons (Fsp3) is 0.538. The smallest absolute Gasteiger partial charge is 0.242 e. The van der Waals surface area contributed by atoms with Crippen LogP contribution in [0.15, 0.2) is 17.0 Å². The molecule has 5 nitrogen and oxygen atoms in total. The summed E-state index contributed by atoms with van der Waals surface area (Å²) in [5, 5.41) is 9.27. The van der Waals surface area contributed by atoms with Gasteiger partial charge < -0.3 is 10.8 Å². The average molecular weight is 337 g/mol. The molecule has 0 atom stereocenters. The van der Waals surface area contributed by atoms with E-state index >= 15 is 0 Å². The molecule has 1 aliphatic rings. The highest BCUT2D eigenvalue weighted by Gasteiger charge is 2.34. The second-order valence-corrected chi connectivity index (χ2v) is 7.64. The van der Waals surface area contributed by atoms with Gasteiger partial charge in [-0.1, -0.05) is 24.4 Å². The van der Waals surface area contributed by atoms with Gasteiger partial charge in [-0.05, 0) is 25.0 Å². The lowest BCUT2D eigenvalue weighted by Gasteiger charge is -2.26. The lowest BCUT2D eigenvalue weighted by Crippen LogP contribution is -2.38. The third-order valence-electron chi connectivity index (χ3n) is 3.98. The van der Waals surface area contributed by atoms with Crippen LogP contribution in [0.25, 0.3) is 0 Å². The predicted molar refractivity (Wildman–Crippen MR) is 79.0 cm³/mol. The predicted octanol–water partition coefficient (Wildman–Crippen LogP) is 1.89. The Kier molecular flexibility index (Phi) is 4.77. The van der Waals surface area contributed by atoms with E-state index in [1.165, 1.54) is 0 Å². The van der Waals surface area contributed by atoms with Crippen molar-refractivity contribution in [3.8, 4) is 0 Å². The first-order valence-corrected chi connectivity index (χ1v) is 8.51. The molecule has 4 N–H and O–H groups in total. The fourth-order valence-electron chi connectivity index (χ4n) is 2.59. The summed E-state index contributed by atoms with van der Waals surface area (Å²) in [6, 6.07) is 1.88. The molecule has 0 saturated heterocycles. The van der Waals surface area contributed by atoms with Crippen molar-refractivity contribution in [1.82, 2.24) is 4.72 Å². The molecule has 0 bridgehead atoms. The summed E-state index contributed by atoms with van der Waals surface area (Å²) in [5.74, 6) is -0.762. The first-order valence-electron chi connectivity index (χ1n) is 6.65. The molecule has 1 saturated carbocycles. The van der Waals surface area contributed by atoms with Crippen LogP contribution in [0.4, 0.5) is 10.1 Å². The number of sulfonamides is 1. The van der Waals surface area contributed by atoms with E-state index in [-0.39, 0.29) is 28.8 Å². The molecule has 118 valence electrons. The molecule has 0 aromatic heterocycles. The maximum atomic E-state index is 13.2. The van der Waals surface area contributed by atoms with Crippen LogP contribution in [0, 0.1) is 11.2 Å². The average Bonchev–Trinajstić information content (AvgIpc) is 2.90. The Labute approximate surface area is 128 Å². The van der Waals surface area contributed by atoms with Crippen molar-refractivity contribution in [2.75, 3.05) is 18.9 Å². The zero-order valence-corrected chi connectivity index (χ0v) is 13.0. The Morgan fingerprint density at radius 3 is 2.57 bits per heavy atom. The van der Waals surface area contributed by atoms with Gasteiger partial charge in [0.25, 0.3) is 0 Å². The molecular weight excluding hydrogens is 319 g/mol. The number of nitrogens with two attached hydrogens (primary N) is 1. The molecule has 21 heavy (non-hydrogen) atoms. The van der Waals surface area contributed by atoms with Crippen LogP contribution in [0.3, 0.4) is 0 Å². The van der Waals surface area contributed by atoms with Crippen LogP contribution in [-0.2, 0) is 10.0 Å². The maximum absolute atomic E-state index is 13.2. The fourth-order valence-corrected chi connectivity index (χ4v) is 4.30. The minimum absolute atomic E-state index is 0.0746. The normalized spacial score (nSPS) is 18.0. The Bertz CT molecular complexity index is 631. The van der Waals surface area contributed by atoms with Crippen LogP contribution < -0.4 is 10.5 Å². The third kappa shape index (κ3) is 3.48. The zero-order valence-electron chi connectivity index (χ0n) is 11.4. The van der Waals surface area contributed by atoms with E-state index in [0.717, 1.165) is 37.8 Å². The molecule has 0 aliphatic heterocycles. The van der Waals surface area contributed by atoms with E-state index in [2.05, 4.69) is 4.72 Å². The molecule has 1 fully saturated rings. The van der Waals surface area contributed by atoms with Crippen LogP contribution in [0.5, 0.6) is 0 Å². The molecule has 0 unspecified atom stereocenters. The highest BCUT2D eigenvalue weighted by atomic mass is 35.5. The number of nitrogen functional groups attached to an aromatic ring is 1. The Hall–Kier alpha value is -0.890. The number of benzene rings is 1. The van der Waals surface area contributed by atoms with Gasteiger partial charge in [0.2, 0.25) is 10.0 Å². The molecule has 1 aromatic rings. The number of aliphatic hydroxyl groups is 1. The number of rotatable bonds is 5. The van der Waals surface area contributed by atoms with Crippen molar-refractivity contribution in [2.24, 2.45) is 5.41 Å². The summed E-state index contributed by atoms with van der Waals surface area (Å²) in [6.07, 6.45) is 3.47. The first kappa shape index (κ1) is 16.5. The summed E-state index contributed by atoms with van der Waals surface area (Å²) >= 11 is 5.79. The van der Waals surface area contributed by atoms with Gasteiger partial charge in [-0.15, -0.1) is 0 Å². The lowest BCUT2D eigenvalue weighted by atomic mass is 9.88. The molecule has 0 amide bonds. The Balaban J connectivity index is 2.21. The van der Waals surface area contributed by atoms with Gasteiger partial charge in [-0.2, -0.15) is 0 Å². The number of hydrogen-bond acceptors (Lipinski definition) is 4. The molecular formula is C13H18ClFN2O3S. The third-order valence-corrected chi connectivity index (χ3v) is 5.84. The topological polar surface area (TPSA) is 92.4 Å². The molecule has 0 heterocycles. The SMILES string of the molecule is Nc1cc(S(=O)(=O)NCC2(CO)CCCC2)c(Cl)cc1F. The highest BCUT2D eigenvalue weighted by molar-refractivity contribution is 7.89. The van der Waals surface area contributed by atoms with Crippen molar-refractivity contribution in [2.45, 2.75) is 30.6 Å². The molecule has 8 heteroatoms. The largest absolute Gasteiger partial charge is 0.396 e. The van der Waals surface area contributed by atoms with E-state index in [0.29, 0.717) is 0 Å². The van der Waals surface area contributed by atoms with Crippen LogP contribution in [-0.4, -0.2) is 26.7 Å². The number of nitrogens with one attached hydrogen (secondary N) is 1. The van der Waals surface area contributed by atoms with Crippen LogP contribution in [0.2, 0.25) is 5.02 Å². The highest BCUT2D eigenvalue weighted by Crippen LogP contribution is 2.37. The van der Waals surface area contributed by atoms with Gasteiger partial charge in [-0.25, -0.2) is 17.5 Å². The van der Waals surface area contributed by atoms with E-state index in [4.69, 9.17) is 17.3 Å². The van der Waals surface area contributed by atoms with Crippen molar-refractivity contribution in [3.63, 3.8) is 0 Å². The zero-order chi connectivity index (χ0) is 15.7. The number of halogens is 2. The van der Waals surface area contributed by atoms with Crippen LogP contribution in [0.1, 0.15) is 25.7 Å². The summed E-state index contributed by atoms with van der Waals surface area (Å²) in [5.41, 5.74) is 4.69. The Morgan fingerprint density at radius 2 is 2.00 bits per heavy atom. The second-order valence-electron chi connectivity index (χ2n) is 5.49. The van der Waals surface area contributed by atoms with Crippen LogP contribution >= 0.6 is 11.6 Å². The number of aliphatic hydroxyl groups excluding tert-OH is 1. The van der Waals surface area contributed by atoms with Crippen molar-refractivity contribution < 1.29 is 17.9 Å². The quantitative estimate of drug-likeness (QED) is 0.716. The standard InChI is InChI=1S/C13H18ClFN2O3S/c14-9-5-10(15)11(16)6-12(9)21(19,20)17-7-13(8-18)3-1-2-4-13/h5-6,17-18H,1-4,7-8,16H2. The second kappa shape index (κ2) is 6.08. The van der Waals surface area contributed by atoms with Gasteiger partial charge >= 0.3 is 0 Å². The van der Waals surface area contributed by atoms with Crippen molar-refractivity contribution >= 4 is 27.3 Å². The van der Waals surface area contributed by atoms with Gasteiger partial charge in [0.1, 0.15) is 10.7 Å². The molecule has 1 aromatic carbocycles. The molecule has 2 rings (SSSR count). The van der Waals surface area contributed by atoms with Gasteiger partial charge in [0.15, 0.2) is 0 Å².